The van der Waals surface area contributed by atoms with Gasteiger partial charge >= 0.3 is 0 Å². The molecular weight excluding hydrogens is 509 g/mol. The Kier molecular flexibility index (Phi) is 8.24. The second-order valence-corrected chi connectivity index (χ2v) is 9.13. The van der Waals surface area contributed by atoms with E-state index in [-0.39, 0.29) is 22.9 Å². The zero-order valence-corrected chi connectivity index (χ0v) is 21.5. The molecule has 9 heteroatoms. The number of amides is 1. The maximum atomic E-state index is 13.3. The number of aryl methyl sites for hydroxylation is 1. The van der Waals surface area contributed by atoms with Gasteiger partial charge in [0.2, 0.25) is 5.78 Å². The number of benzene rings is 3. The maximum absolute atomic E-state index is 13.3. The Balaban J connectivity index is 1.54. The highest BCUT2D eigenvalue weighted by atomic mass is 35.5. The van der Waals surface area contributed by atoms with Crippen LogP contribution in [0.1, 0.15) is 44.0 Å². The van der Waals surface area contributed by atoms with Gasteiger partial charge < -0.3 is 10.6 Å². The number of anilines is 1. The summed E-state index contributed by atoms with van der Waals surface area (Å²) in [4.78, 5) is 25.6. The van der Waals surface area contributed by atoms with Crippen molar-refractivity contribution in [2.75, 3.05) is 18.4 Å². The molecule has 1 aromatic heterocycles. The fraction of sp³-hybridized carbons (Fsp3) is 0.143. The average Bonchev–Trinajstić information content (AvgIpc) is 3.27. The number of aromatic nitrogens is 2. The molecule has 4 aromatic rings. The van der Waals surface area contributed by atoms with Crippen LogP contribution in [-0.2, 0) is 0 Å². The van der Waals surface area contributed by atoms with Crippen LogP contribution in [0.25, 0.3) is 5.69 Å². The monoisotopic (exact) mass is 531 g/mol. The summed E-state index contributed by atoms with van der Waals surface area (Å²) in [6.45, 7) is 2.72. The minimum Gasteiger partial charge on any atom is -0.369 e. The molecule has 37 heavy (non-hydrogen) atoms. The standard InChI is InChI=1S/C28H23Cl2N5O2/c1-18-7-9-19(10-8-18)26(36)25-23(17-31)27(35(34-25)21-13-11-20(29)12-14-21)32-15-4-16-33-28(37)22-5-2-3-6-24(22)30/h2-3,5-14,32H,4,15-16H2,1H3,(H,33,37). The van der Waals surface area contributed by atoms with E-state index in [1.165, 1.54) is 4.68 Å². The highest BCUT2D eigenvalue weighted by molar-refractivity contribution is 6.33. The van der Waals surface area contributed by atoms with Gasteiger partial charge in [-0.3, -0.25) is 9.59 Å². The zero-order valence-electron chi connectivity index (χ0n) is 20.0. The Morgan fingerprint density at radius 2 is 1.68 bits per heavy atom. The maximum Gasteiger partial charge on any atom is 0.252 e. The fourth-order valence-electron chi connectivity index (χ4n) is 3.69. The predicted molar refractivity (Wildman–Crippen MR) is 145 cm³/mol. The van der Waals surface area contributed by atoms with E-state index in [9.17, 15) is 14.9 Å². The summed E-state index contributed by atoms with van der Waals surface area (Å²) in [5.41, 5.74) is 2.70. The molecule has 2 N–H and O–H groups in total. The molecule has 4 rings (SSSR count). The fourth-order valence-corrected chi connectivity index (χ4v) is 4.04. The largest absolute Gasteiger partial charge is 0.369 e. The Bertz CT molecular complexity index is 1470. The lowest BCUT2D eigenvalue weighted by Crippen LogP contribution is -2.26. The first kappa shape index (κ1) is 26.0. The predicted octanol–water partition coefficient (Wildman–Crippen LogP) is 5.82. The molecule has 0 fully saturated rings. The molecule has 0 spiro atoms. The Morgan fingerprint density at radius 1 is 0.973 bits per heavy atom. The van der Waals surface area contributed by atoms with E-state index in [4.69, 9.17) is 23.2 Å². The van der Waals surface area contributed by atoms with E-state index in [1.54, 1.807) is 60.7 Å². The van der Waals surface area contributed by atoms with Crippen LogP contribution < -0.4 is 10.6 Å². The zero-order chi connectivity index (χ0) is 26.4. The molecule has 0 aliphatic rings. The van der Waals surface area contributed by atoms with Crippen LogP contribution in [0, 0.1) is 18.3 Å². The Labute approximate surface area is 224 Å². The first-order valence-corrected chi connectivity index (χ1v) is 12.3. The van der Waals surface area contributed by atoms with Crippen molar-refractivity contribution in [1.82, 2.24) is 15.1 Å². The molecule has 0 atom stereocenters. The van der Waals surface area contributed by atoms with Crippen LogP contribution in [0.2, 0.25) is 10.0 Å². The molecule has 7 nitrogen and oxygen atoms in total. The number of carbonyl (C=O) groups excluding carboxylic acids is 2. The van der Waals surface area contributed by atoms with Gasteiger partial charge in [0, 0.05) is 23.7 Å². The van der Waals surface area contributed by atoms with Crippen LogP contribution >= 0.6 is 23.2 Å². The number of hydrogen-bond acceptors (Lipinski definition) is 5. The third-order valence-corrected chi connectivity index (χ3v) is 6.23. The van der Waals surface area contributed by atoms with Gasteiger partial charge in [0.1, 0.15) is 17.5 Å². The van der Waals surface area contributed by atoms with Gasteiger partial charge in [-0.25, -0.2) is 4.68 Å². The number of nitrogens with one attached hydrogen (secondary N) is 2. The van der Waals surface area contributed by atoms with Crippen LogP contribution in [0.5, 0.6) is 0 Å². The molecular formula is C28H23Cl2N5O2. The summed E-state index contributed by atoms with van der Waals surface area (Å²) in [5, 5.41) is 21.5. The van der Waals surface area contributed by atoms with Gasteiger partial charge in [-0.15, -0.1) is 0 Å². The Morgan fingerprint density at radius 3 is 2.35 bits per heavy atom. The number of hydrogen-bond donors (Lipinski definition) is 2. The molecule has 3 aromatic carbocycles. The van der Waals surface area contributed by atoms with Crippen molar-refractivity contribution in [1.29, 1.82) is 5.26 Å². The molecule has 0 radical (unpaired) electrons. The first-order valence-electron chi connectivity index (χ1n) is 11.6. The highest BCUT2D eigenvalue weighted by Crippen LogP contribution is 2.26. The summed E-state index contributed by atoms with van der Waals surface area (Å²) in [6.07, 6.45) is 0.550. The number of rotatable bonds is 9. The summed E-state index contributed by atoms with van der Waals surface area (Å²) >= 11 is 12.1. The SMILES string of the molecule is Cc1ccc(C(=O)c2nn(-c3ccc(Cl)cc3)c(NCCCNC(=O)c3ccccc3Cl)c2C#N)cc1. The summed E-state index contributed by atoms with van der Waals surface area (Å²) in [7, 11) is 0. The van der Waals surface area contributed by atoms with Crippen LogP contribution in [0.3, 0.4) is 0 Å². The van der Waals surface area contributed by atoms with E-state index in [0.717, 1.165) is 5.56 Å². The lowest BCUT2D eigenvalue weighted by molar-refractivity contribution is 0.0953. The van der Waals surface area contributed by atoms with E-state index in [1.807, 2.05) is 19.1 Å². The van der Waals surface area contributed by atoms with E-state index < -0.39 is 0 Å². The second-order valence-electron chi connectivity index (χ2n) is 8.28. The number of carbonyl (C=O) groups is 2. The number of nitrogens with zero attached hydrogens (tertiary/aromatic N) is 3. The van der Waals surface area contributed by atoms with Crippen LogP contribution in [0.4, 0.5) is 5.82 Å². The normalized spacial score (nSPS) is 10.5. The van der Waals surface area contributed by atoms with E-state index >= 15 is 0 Å². The summed E-state index contributed by atoms with van der Waals surface area (Å²) in [6, 6.07) is 23.0. The van der Waals surface area contributed by atoms with Crippen molar-refractivity contribution in [2.45, 2.75) is 13.3 Å². The van der Waals surface area contributed by atoms with Gasteiger partial charge in [-0.05, 0) is 49.7 Å². The van der Waals surface area contributed by atoms with E-state index in [2.05, 4.69) is 21.8 Å². The van der Waals surface area contributed by atoms with Crippen molar-refractivity contribution in [2.24, 2.45) is 0 Å². The molecule has 0 aliphatic carbocycles. The van der Waals surface area contributed by atoms with Gasteiger partial charge in [0.15, 0.2) is 5.69 Å². The molecule has 1 heterocycles. The van der Waals surface area contributed by atoms with Crippen LogP contribution in [0.15, 0.2) is 72.8 Å². The minimum atomic E-state index is -0.348. The number of nitriles is 1. The van der Waals surface area contributed by atoms with Crippen molar-refractivity contribution in [3.05, 3.63) is 111 Å². The highest BCUT2D eigenvalue weighted by Gasteiger charge is 2.25. The third-order valence-electron chi connectivity index (χ3n) is 5.65. The van der Waals surface area contributed by atoms with Crippen molar-refractivity contribution in [3.63, 3.8) is 0 Å². The van der Waals surface area contributed by atoms with E-state index in [0.29, 0.717) is 52.2 Å². The van der Waals surface area contributed by atoms with Gasteiger partial charge in [-0.2, -0.15) is 10.4 Å². The quantitative estimate of drug-likeness (QED) is 0.209. The second kappa shape index (κ2) is 11.7. The average molecular weight is 532 g/mol. The summed E-state index contributed by atoms with van der Waals surface area (Å²) < 4.78 is 1.53. The molecule has 0 bridgehead atoms. The van der Waals surface area contributed by atoms with Crippen molar-refractivity contribution < 1.29 is 9.59 Å². The van der Waals surface area contributed by atoms with Gasteiger partial charge in [0.05, 0.1) is 16.3 Å². The molecule has 0 saturated carbocycles. The molecule has 0 saturated heterocycles. The lowest BCUT2D eigenvalue weighted by atomic mass is 10.0. The minimum absolute atomic E-state index is 0.0517. The molecule has 0 unspecified atom stereocenters. The van der Waals surface area contributed by atoms with Gasteiger partial charge in [0.25, 0.3) is 5.91 Å². The smallest absolute Gasteiger partial charge is 0.252 e. The molecule has 1 amide bonds. The number of halogens is 2. The lowest BCUT2D eigenvalue weighted by Gasteiger charge is -2.11. The number of ketones is 1. The summed E-state index contributed by atoms with van der Waals surface area (Å²) in [5.74, 6) is -0.225. The third kappa shape index (κ3) is 6.00. The van der Waals surface area contributed by atoms with Crippen molar-refractivity contribution in [3.8, 4) is 11.8 Å². The topological polar surface area (TPSA) is 99.8 Å². The van der Waals surface area contributed by atoms with Crippen LogP contribution in [-0.4, -0.2) is 34.6 Å². The van der Waals surface area contributed by atoms with Gasteiger partial charge in [-0.1, -0.05) is 65.2 Å². The molecule has 186 valence electrons. The Hall–Kier alpha value is -4.12. The first-order chi connectivity index (χ1) is 17.9. The molecule has 0 aliphatic heterocycles. The van der Waals surface area contributed by atoms with Crippen molar-refractivity contribution >= 4 is 40.7 Å².